The number of ether oxygens (including phenoxy) is 1. The van der Waals surface area contributed by atoms with Crippen molar-refractivity contribution in [3.8, 4) is 17.6 Å². The Labute approximate surface area is 112 Å². The molecular weight excluding hydrogens is 304 g/mol. The lowest BCUT2D eigenvalue weighted by molar-refractivity contribution is 0.373. The van der Waals surface area contributed by atoms with Crippen molar-refractivity contribution in [2.24, 2.45) is 5.73 Å². The lowest BCUT2D eigenvalue weighted by atomic mass is 10.1. The molecule has 0 saturated carbocycles. The normalized spacial score (nSPS) is 10.8. The van der Waals surface area contributed by atoms with Crippen LogP contribution in [0.2, 0.25) is 0 Å². The summed E-state index contributed by atoms with van der Waals surface area (Å²) in [5, 5.41) is 18.4. The topological polar surface area (TPSA) is 79.3 Å². The third kappa shape index (κ3) is 3.19. The fourth-order valence-corrected chi connectivity index (χ4v) is 1.70. The van der Waals surface area contributed by atoms with Crippen molar-refractivity contribution in [2.45, 2.75) is 0 Å². The number of hydrogen-bond donors (Lipinski definition) is 2. The molecular formula is C11H9BrN2O2S. The number of nitrogens with zero attached hydrogens (tertiary/aromatic N) is 1. The molecule has 4 nitrogen and oxygen atoms in total. The Balaban J connectivity index is 3.33. The summed E-state index contributed by atoms with van der Waals surface area (Å²) in [6.07, 6.45) is 1.52. The van der Waals surface area contributed by atoms with Crippen molar-refractivity contribution >= 4 is 39.2 Å². The molecule has 0 spiro atoms. The van der Waals surface area contributed by atoms with Crippen LogP contribution in [0.25, 0.3) is 6.08 Å². The third-order valence-corrected chi connectivity index (χ3v) is 2.89. The van der Waals surface area contributed by atoms with Crippen LogP contribution < -0.4 is 10.5 Å². The standard InChI is InChI=1S/C11H9BrN2O2S/c1-16-10-3-6(8(12)4-9(10)15)2-7(5-13)11(14)17/h2-4,15H,1H3,(H2,14,17)/b7-2+. The van der Waals surface area contributed by atoms with Crippen LogP contribution in [0.1, 0.15) is 5.56 Å². The van der Waals surface area contributed by atoms with Gasteiger partial charge in [-0.25, -0.2) is 0 Å². The molecule has 1 aromatic rings. The highest BCUT2D eigenvalue weighted by Crippen LogP contribution is 2.33. The molecule has 1 aromatic carbocycles. The molecule has 6 heteroatoms. The number of halogens is 1. The number of thiocarbonyl (C=S) groups is 1. The van der Waals surface area contributed by atoms with Crippen LogP contribution in [0, 0.1) is 11.3 Å². The number of nitrogens with two attached hydrogens (primary N) is 1. The Hall–Kier alpha value is -1.58. The minimum absolute atomic E-state index is 0.00496. The highest BCUT2D eigenvalue weighted by Gasteiger charge is 2.08. The van der Waals surface area contributed by atoms with Crippen LogP contribution in [-0.2, 0) is 0 Å². The van der Waals surface area contributed by atoms with Gasteiger partial charge < -0.3 is 15.6 Å². The smallest absolute Gasteiger partial charge is 0.161 e. The third-order valence-electron chi connectivity index (χ3n) is 1.98. The molecule has 0 aliphatic rings. The summed E-state index contributed by atoms with van der Waals surface area (Å²) in [6, 6.07) is 4.95. The Morgan fingerprint density at radius 2 is 2.29 bits per heavy atom. The molecule has 88 valence electrons. The average Bonchev–Trinajstić information content (AvgIpc) is 2.27. The molecule has 0 unspecified atom stereocenters. The van der Waals surface area contributed by atoms with Crippen molar-refractivity contribution in [1.82, 2.24) is 0 Å². The number of phenols is 1. The molecule has 0 aliphatic heterocycles. The average molecular weight is 313 g/mol. The Morgan fingerprint density at radius 3 is 2.76 bits per heavy atom. The number of phenolic OH excluding ortho intramolecular Hbond substituents is 1. The summed E-state index contributed by atoms with van der Waals surface area (Å²) in [5.74, 6) is 0.310. The van der Waals surface area contributed by atoms with Gasteiger partial charge in [0.25, 0.3) is 0 Å². The summed E-state index contributed by atoms with van der Waals surface area (Å²) in [6.45, 7) is 0. The predicted molar refractivity (Wildman–Crippen MR) is 72.7 cm³/mol. The van der Waals surface area contributed by atoms with Crippen LogP contribution in [0.4, 0.5) is 0 Å². The van der Waals surface area contributed by atoms with Crippen LogP contribution in [0.15, 0.2) is 22.2 Å². The van der Waals surface area contributed by atoms with E-state index in [-0.39, 0.29) is 16.3 Å². The van der Waals surface area contributed by atoms with Crippen LogP contribution in [0.3, 0.4) is 0 Å². The van der Waals surface area contributed by atoms with Crippen molar-refractivity contribution in [1.29, 1.82) is 5.26 Å². The largest absolute Gasteiger partial charge is 0.504 e. The molecule has 0 fully saturated rings. The van der Waals surface area contributed by atoms with E-state index in [1.807, 2.05) is 6.07 Å². The number of nitriles is 1. The number of rotatable bonds is 3. The zero-order valence-corrected chi connectivity index (χ0v) is 11.3. The van der Waals surface area contributed by atoms with E-state index in [0.29, 0.717) is 15.8 Å². The quantitative estimate of drug-likeness (QED) is 0.509. The van der Waals surface area contributed by atoms with Crippen LogP contribution >= 0.6 is 28.1 Å². The van der Waals surface area contributed by atoms with Gasteiger partial charge in [-0.05, 0) is 23.8 Å². The van der Waals surface area contributed by atoms with E-state index in [1.165, 1.54) is 19.3 Å². The maximum Gasteiger partial charge on any atom is 0.161 e. The molecule has 0 heterocycles. The molecule has 0 amide bonds. The first-order valence-corrected chi connectivity index (χ1v) is 5.67. The van der Waals surface area contributed by atoms with E-state index in [0.717, 1.165) is 0 Å². The maximum atomic E-state index is 9.53. The molecule has 17 heavy (non-hydrogen) atoms. The first-order valence-electron chi connectivity index (χ1n) is 4.47. The monoisotopic (exact) mass is 312 g/mol. The summed E-state index contributed by atoms with van der Waals surface area (Å²) in [5.41, 5.74) is 6.22. The lowest BCUT2D eigenvalue weighted by Gasteiger charge is -2.06. The fourth-order valence-electron chi connectivity index (χ4n) is 1.15. The molecule has 0 aliphatic carbocycles. The maximum absolute atomic E-state index is 9.53. The van der Waals surface area contributed by atoms with E-state index in [4.69, 9.17) is 28.0 Å². The van der Waals surface area contributed by atoms with E-state index in [2.05, 4.69) is 15.9 Å². The van der Waals surface area contributed by atoms with Gasteiger partial charge in [-0.2, -0.15) is 5.26 Å². The summed E-state index contributed by atoms with van der Waals surface area (Å²) in [4.78, 5) is 0.0199. The molecule has 0 radical (unpaired) electrons. The molecule has 0 bridgehead atoms. The SMILES string of the molecule is COc1cc(/C=C(\C#N)C(N)=S)c(Br)cc1O. The van der Waals surface area contributed by atoms with Gasteiger partial charge in [-0.3, -0.25) is 0 Å². The molecule has 0 aromatic heterocycles. The van der Waals surface area contributed by atoms with Gasteiger partial charge in [0.15, 0.2) is 11.5 Å². The van der Waals surface area contributed by atoms with Crippen molar-refractivity contribution in [3.63, 3.8) is 0 Å². The van der Waals surface area contributed by atoms with Gasteiger partial charge in [-0.1, -0.05) is 28.1 Å². The summed E-state index contributed by atoms with van der Waals surface area (Å²) in [7, 11) is 1.44. The first-order chi connectivity index (χ1) is 7.99. The first kappa shape index (κ1) is 13.5. The van der Waals surface area contributed by atoms with Gasteiger partial charge >= 0.3 is 0 Å². The van der Waals surface area contributed by atoms with E-state index >= 15 is 0 Å². The summed E-state index contributed by atoms with van der Waals surface area (Å²) >= 11 is 8.00. The molecule has 0 saturated heterocycles. The number of benzene rings is 1. The number of hydrogen-bond acceptors (Lipinski definition) is 4. The van der Waals surface area contributed by atoms with Gasteiger partial charge in [-0.15, -0.1) is 0 Å². The molecule has 1 rings (SSSR count). The Bertz CT molecular complexity index is 535. The number of aromatic hydroxyl groups is 1. The van der Waals surface area contributed by atoms with E-state index in [9.17, 15) is 5.11 Å². The zero-order valence-electron chi connectivity index (χ0n) is 8.90. The number of methoxy groups -OCH3 is 1. The lowest BCUT2D eigenvalue weighted by Crippen LogP contribution is -2.09. The molecule has 0 atom stereocenters. The zero-order chi connectivity index (χ0) is 13.0. The van der Waals surface area contributed by atoms with Crippen molar-refractivity contribution in [3.05, 3.63) is 27.7 Å². The van der Waals surface area contributed by atoms with E-state index in [1.54, 1.807) is 6.07 Å². The van der Waals surface area contributed by atoms with Gasteiger partial charge in [0.1, 0.15) is 11.1 Å². The van der Waals surface area contributed by atoms with Crippen LogP contribution in [0.5, 0.6) is 11.5 Å². The second kappa shape index (κ2) is 5.66. The highest BCUT2D eigenvalue weighted by molar-refractivity contribution is 9.10. The second-order valence-corrected chi connectivity index (χ2v) is 4.37. The Kier molecular flexibility index (Phi) is 4.49. The van der Waals surface area contributed by atoms with E-state index < -0.39 is 0 Å². The van der Waals surface area contributed by atoms with Gasteiger partial charge in [0.2, 0.25) is 0 Å². The van der Waals surface area contributed by atoms with Gasteiger partial charge in [0.05, 0.1) is 12.7 Å². The second-order valence-electron chi connectivity index (χ2n) is 3.08. The summed E-state index contributed by atoms with van der Waals surface area (Å²) < 4.78 is 5.58. The molecule has 3 N–H and O–H groups in total. The van der Waals surface area contributed by atoms with Crippen LogP contribution in [-0.4, -0.2) is 17.2 Å². The minimum Gasteiger partial charge on any atom is -0.504 e. The minimum atomic E-state index is 0.00496. The predicted octanol–water partition coefficient (Wildman–Crippen LogP) is 2.36. The fraction of sp³-hybridized carbons (Fsp3) is 0.0909. The van der Waals surface area contributed by atoms with Crippen molar-refractivity contribution < 1.29 is 9.84 Å². The van der Waals surface area contributed by atoms with Crippen molar-refractivity contribution in [2.75, 3.05) is 7.11 Å². The van der Waals surface area contributed by atoms with Gasteiger partial charge in [0, 0.05) is 4.47 Å². The highest BCUT2D eigenvalue weighted by atomic mass is 79.9. The Morgan fingerprint density at radius 1 is 1.65 bits per heavy atom.